The van der Waals surface area contributed by atoms with Crippen molar-refractivity contribution in [3.63, 3.8) is 0 Å². The summed E-state index contributed by atoms with van der Waals surface area (Å²) in [4.78, 5) is 0.0250. The normalized spacial score (nSPS) is 15.5. The molecule has 1 aromatic rings. The van der Waals surface area contributed by atoms with Crippen LogP contribution in [0.15, 0.2) is 29.2 Å². The van der Waals surface area contributed by atoms with Crippen LogP contribution in [0.1, 0.15) is 27.2 Å². The van der Waals surface area contributed by atoms with Gasteiger partial charge in [-0.05, 0) is 31.4 Å². The molecule has 6 heteroatoms. The predicted octanol–water partition coefficient (Wildman–Crippen LogP) is 2.42. The van der Waals surface area contributed by atoms with Crippen LogP contribution in [0, 0.1) is 5.92 Å². The Morgan fingerprint density at radius 1 is 1.37 bits per heavy atom. The van der Waals surface area contributed by atoms with Crippen LogP contribution in [-0.2, 0) is 10.0 Å². The zero-order valence-electron chi connectivity index (χ0n) is 11.4. The SMILES string of the molecule is CC(C)CC(C)(O)CNS(=O)(=O)c1ccccc1Cl. The molecule has 0 saturated heterocycles. The maximum atomic E-state index is 12.1. The predicted molar refractivity (Wildman–Crippen MR) is 76.7 cm³/mol. The Balaban J connectivity index is 2.80. The Kier molecular flexibility index (Phi) is 5.38. The molecule has 19 heavy (non-hydrogen) atoms. The van der Waals surface area contributed by atoms with Gasteiger partial charge in [-0.1, -0.05) is 37.6 Å². The van der Waals surface area contributed by atoms with Gasteiger partial charge in [0.2, 0.25) is 10.0 Å². The van der Waals surface area contributed by atoms with Gasteiger partial charge in [0.05, 0.1) is 10.6 Å². The number of benzene rings is 1. The zero-order chi connectivity index (χ0) is 14.7. The fourth-order valence-corrected chi connectivity index (χ4v) is 3.62. The number of sulfonamides is 1. The molecule has 0 aliphatic carbocycles. The lowest BCUT2D eigenvalue weighted by Crippen LogP contribution is -2.41. The van der Waals surface area contributed by atoms with E-state index in [0.717, 1.165) is 0 Å². The molecule has 0 aliphatic rings. The maximum Gasteiger partial charge on any atom is 0.242 e. The van der Waals surface area contributed by atoms with Gasteiger partial charge in [-0.25, -0.2) is 13.1 Å². The van der Waals surface area contributed by atoms with Gasteiger partial charge in [0.1, 0.15) is 4.90 Å². The van der Waals surface area contributed by atoms with E-state index >= 15 is 0 Å². The van der Waals surface area contributed by atoms with Crippen LogP contribution in [0.3, 0.4) is 0 Å². The van der Waals surface area contributed by atoms with E-state index in [-0.39, 0.29) is 22.4 Å². The van der Waals surface area contributed by atoms with Crippen molar-refractivity contribution in [3.8, 4) is 0 Å². The number of rotatable bonds is 6. The monoisotopic (exact) mass is 305 g/mol. The lowest BCUT2D eigenvalue weighted by Gasteiger charge is -2.25. The van der Waals surface area contributed by atoms with E-state index in [0.29, 0.717) is 6.42 Å². The van der Waals surface area contributed by atoms with Crippen LogP contribution >= 0.6 is 11.6 Å². The largest absolute Gasteiger partial charge is 0.389 e. The quantitative estimate of drug-likeness (QED) is 0.848. The summed E-state index contributed by atoms with van der Waals surface area (Å²) < 4.78 is 26.6. The highest BCUT2D eigenvalue weighted by atomic mass is 35.5. The molecular weight excluding hydrogens is 286 g/mol. The molecule has 1 atom stereocenters. The first-order chi connectivity index (χ1) is 8.64. The number of hydrogen-bond donors (Lipinski definition) is 2. The van der Waals surface area contributed by atoms with Gasteiger partial charge >= 0.3 is 0 Å². The van der Waals surface area contributed by atoms with E-state index in [9.17, 15) is 13.5 Å². The molecular formula is C13H20ClNO3S. The molecule has 0 spiro atoms. The van der Waals surface area contributed by atoms with Gasteiger partial charge in [0.15, 0.2) is 0 Å². The van der Waals surface area contributed by atoms with Crippen molar-refractivity contribution < 1.29 is 13.5 Å². The minimum absolute atomic E-state index is 0.0250. The highest BCUT2D eigenvalue weighted by Crippen LogP contribution is 2.21. The molecule has 1 unspecified atom stereocenters. The van der Waals surface area contributed by atoms with E-state index in [1.165, 1.54) is 12.1 Å². The Bertz CT molecular complexity index is 526. The van der Waals surface area contributed by atoms with Crippen LogP contribution in [0.2, 0.25) is 5.02 Å². The van der Waals surface area contributed by atoms with Crippen LogP contribution in [0.4, 0.5) is 0 Å². The molecule has 108 valence electrons. The summed E-state index contributed by atoms with van der Waals surface area (Å²) in [5.74, 6) is 0.278. The lowest BCUT2D eigenvalue weighted by atomic mass is 9.95. The molecule has 0 radical (unpaired) electrons. The minimum Gasteiger partial charge on any atom is -0.389 e. The second-order valence-electron chi connectivity index (χ2n) is 5.35. The first-order valence-corrected chi connectivity index (χ1v) is 7.97. The second-order valence-corrected chi connectivity index (χ2v) is 7.49. The zero-order valence-corrected chi connectivity index (χ0v) is 12.9. The summed E-state index contributed by atoms with van der Waals surface area (Å²) >= 11 is 5.86. The van der Waals surface area contributed by atoms with Crippen LogP contribution < -0.4 is 4.72 Å². The highest BCUT2D eigenvalue weighted by Gasteiger charge is 2.26. The lowest BCUT2D eigenvalue weighted by molar-refractivity contribution is 0.0437. The Hall–Kier alpha value is -0.620. The molecule has 0 aliphatic heterocycles. The molecule has 1 aromatic carbocycles. The van der Waals surface area contributed by atoms with E-state index in [4.69, 9.17) is 11.6 Å². The standard InChI is InChI=1S/C13H20ClNO3S/c1-10(2)8-13(3,16)9-15-19(17,18)12-7-5-4-6-11(12)14/h4-7,10,15-16H,8-9H2,1-3H3. The third-order valence-electron chi connectivity index (χ3n) is 2.62. The van der Waals surface area contributed by atoms with Crippen LogP contribution in [0.25, 0.3) is 0 Å². The van der Waals surface area contributed by atoms with Crippen molar-refractivity contribution in [1.82, 2.24) is 4.72 Å². The Morgan fingerprint density at radius 2 is 1.95 bits per heavy atom. The summed E-state index contributed by atoms with van der Waals surface area (Å²) in [7, 11) is -3.70. The van der Waals surface area contributed by atoms with Gasteiger partial charge in [-0.15, -0.1) is 0 Å². The van der Waals surface area contributed by atoms with Crippen LogP contribution in [0.5, 0.6) is 0 Å². The number of halogens is 1. The average Bonchev–Trinajstić information content (AvgIpc) is 2.25. The third kappa shape index (κ3) is 5.10. The number of nitrogens with one attached hydrogen (secondary N) is 1. The van der Waals surface area contributed by atoms with Crippen molar-refractivity contribution in [2.45, 2.75) is 37.7 Å². The van der Waals surface area contributed by atoms with E-state index < -0.39 is 15.6 Å². The van der Waals surface area contributed by atoms with Crippen LogP contribution in [-0.4, -0.2) is 25.7 Å². The molecule has 0 bridgehead atoms. The third-order valence-corrected chi connectivity index (χ3v) is 4.52. The van der Waals surface area contributed by atoms with Gasteiger partial charge in [0, 0.05) is 6.54 Å². The van der Waals surface area contributed by atoms with Crippen molar-refractivity contribution in [2.75, 3.05) is 6.54 Å². The fourth-order valence-electron chi connectivity index (χ4n) is 1.94. The maximum absolute atomic E-state index is 12.1. The fraction of sp³-hybridized carbons (Fsp3) is 0.538. The molecule has 0 saturated carbocycles. The van der Waals surface area contributed by atoms with Gasteiger partial charge in [-0.2, -0.15) is 0 Å². The van der Waals surface area contributed by atoms with E-state index in [2.05, 4.69) is 4.72 Å². The first-order valence-electron chi connectivity index (χ1n) is 6.11. The molecule has 4 nitrogen and oxygen atoms in total. The summed E-state index contributed by atoms with van der Waals surface area (Å²) in [5, 5.41) is 10.3. The Morgan fingerprint density at radius 3 is 2.47 bits per heavy atom. The average molecular weight is 306 g/mol. The smallest absolute Gasteiger partial charge is 0.242 e. The summed E-state index contributed by atoms with van der Waals surface area (Å²) in [6.45, 7) is 5.51. The number of aliphatic hydroxyl groups is 1. The van der Waals surface area contributed by atoms with E-state index in [1.54, 1.807) is 19.1 Å². The van der Waals surface area contributed by atoms with Crippen molar-refractivity contribution in [1.29, 1.82) is 0 Å². The first kappa shape index (κ1) is 16.4. The van der Waals surface area contributed by atoms with Crippen molar-refractivity contribution >= 4 is 21.6 Å². The van der Waals surface area contributed by atoms with E-state index in [1.807, 2.05) is 13.8 Å². The second kappa shape index (κ2) is 6.22. The van der Waals surface area contributed by atoms with Gasteiger partial charge in [0.25, 0.3) is 0 Å². The van der Waals surface area contributed by atoms with Crippen molar-refractivity contribution in [3.05, 3.63) is 29.3 Å². The topological polar surface area (TPSA) is 66.4 Å². The summed E-state index contributed by atoms with van der Waals surface area (Å²) in [6.07, 6.45) is 0.512. The molecule has 0 aromatic heterocycles. The van der Waals surface area contributed by atoms with Gasteiger partial charge in [-0.3, -0.25) is 0 Å². The minimum atomic E-state index is -3.70. The molecule has 0 heterocycles. The Labute approximate surface area is 119 Å². The summed E-state index contributed by atoms with van der Waals surface area (Å²) in [5.41, 5.74) is -1.08. The molecule has 0 amide bonds. The van der Waals surface area contributed by atoms with Crippen molar-refractivity contribution in [2.24, 2.45) is 5.92 Å². The highest BCUT2D eigenvalue weighted by molar-refractivity contribution is 7.89. The number of hydrogen-bond acceptors (Lipinski definition) is 3. The summed E-state index contributed by atoms with van der Waals surface area (Å²) in [6, 6.07) is 6.22. The van der Waals surface area contributed by atoms with Gasteiger partial charge < -0.3 is 5.11 Å². The molecule has 0 fully saturated rings. The molecule has 1 rings (SSSR count). The molecule has 2 N–H and O–H groups in total.